The summed E-state index contributed by atoms with van der Waals surface area (Å²) in [4.78, 5) is 0. The van der Waals surface area contributed by atoms with Crippen molar-refractivity contribution in [1.29, 1.82) is 0 Å². The fourth-order valence-corrected chi connectivity index (χ4v) is 1.31. The van der Waals surface area contributed by atoms with Crippen LogP contribution in [0.2, 0.25) is 0 Å². The van der Waals surface area contributed by atoms with Crippen LogP contribution in [0.5, 0.6) is 0 Å². The van der Waals surface area contributed by atoms with Crippen molar-refractivity contribution < 1.29 is 11.0 Å². The first-order chi connectivity index (χ1) is 4.39. The Kier molecular flexibility index (Phi) is 19.6. The predicted molar refractivity (Wildman–Crippen MR) is 50.8 cm³/mol. The van der Waals surface area contributed by atoms with Gasteiger partial charge in [0.15, 0.2) is 0 Å². The third kappa shape index (κ3) is 9.92. The van der Waals surface area contributed by atoms with Gasteiger partial charge in [-0.2, -0.15) is 0 Å². The Morgan fingerprint density at radius 1 is 0.818 bits per heavy atom. The van der Waals surface area contributed by atoms with Crippen LogP contribution in [-0.2, 0) is 0 Å². The van der Waals surface area contributed by atoms with Gasteiger partial charge in [-0.15, -0.1) is 0 Å². The SMILES string of the molecule is CC.CC1CCCCC1.O.O. The van der Waals surface area contributed by atoms with Crippen molar-refractivity contribution in [1.82, 2.24) is 0 Å². The second-order valence-electron chi connectivity index (χ2n) is 2.74. The van der Waals surface area contributed by atoms with Crippen LogP contribution in [0.25, 0.3) is 0 Å². The molecule has 0 aliphatic heterocycles. The molecule has 0 atom stereocenters. The zero-order valence-corrected chi connectivity index (χ0v) is 8.11. The summed E-state index contributed by atoms with van der Waals surface area (Å²) < 4.78 is 0. The van der Waals surface area contributed by atoms with Crippen LogP contribution < -0.4 is 0 Å². The molecule has 72 valence electrons. The highest BCUT2D eigenvalue weighted by atomic mass is 16.0. The van der Waals surface area contributed by atoms with Crippen molar-refractivity contribution in [3.63, 3.8) is 0 Å². The first-order valence-electron chi connectivity index (χ1n) is 4.39. The van der Waals surface area contributed by atoms with E-state index in [1.807, 2.05) is 13.8 Å². The van der Waals surface area contributed by atoms with Gasteiger partial charge >= 0.3 is 0 Å². The molecule has 2 heteroatoms. The van der Waals surface area contributed by atoms with Crippen LogP contribution in [0.3, 0.4) is 0 Å². The Morgan fingerprint density at radius 3 is 1.36 bits per heavy atom. The molecule has 0 aromatic carbocycles. The largest absolute Gasteiger partial charge is 0.412 e. The first-order valence-corrected chi connectivity index (χ1v) is 4.39. The summed E-state index contributed by atoms with van der Waals surface area (Å²) in [6, 6.07) is 0. The molecule has 0 unspecified atom stereocenters. The van der Waals surface area contributed by atoms with Gasteiger partial charge in [0.2, 0.25) is 0 Å². The van der Waals surface area contributed by atoms with Gasteiger partial charge in [-0.3, -0.25) is 0 Å². The summed E-state index contributed by atoms with van der Waals surface area (Å²) in [6.45, 7) is 6.36. The van der Waals surface area contributed by atoms with Crippen molar-refractivity contribution in [3.8, 4) is 0 Å². The number of hydrogen-bond donors (Lipinski definition) is 0. The van der Waals surface area contributed by atoms with E-state index in [1.165, 1.54) is 32.1 Å². The maximum atomic E-state index is 2.36. The summed E-state index contributed by atoms with van der Waals surface area (Å²) in [5.74, 6) is 1.04. The molecule has 1 rings (SSSR count). The van der Waals surface area contributed by atoms with Crippen LogP contribution in [0.4, 0.5) is 0 Å². The molecule has 1 saturated carbocycles. The zero-order valence-electron chi connectivity index (χ0n) is 8.11. The lowest BCUT2D eigenvalue weighted by Gasteiger charge is -2.15. The molecule has 2 nitrogen and oxygen atoms in total. The Bertz CT molecular complexity index is 49.5. The molecule has 0 aromatic rings. The Hall–Kier alpha value is -0.0800. The van der Waals surface area contributed by atoms with E-state index in [0.29, 0.717) is 0 Å². The van der Waals surface area contributed by atoms with Crippen molar-refractivity contribution in [2.45, 2.75) is 52.9 Å². The molecule has 1 aliphatic rings. The minimum absolute atomic E-state index is 0. The molecule has 1 fully saturated rings. The molecule has 11 heavy (non-hydrogen) atoms. The van der Waals surface area contributed by atoms with Gasteiger partial charge in [0.1, 0.15) is 0 Å². The molecule has 0 aromatic heterocycles. The molecular formula is C9H24O2. The monoisotopic (exact) mass is 164 g/mol. The van der Waals surface area contributed by atoms with Gasteiger partial charge in [0.05, 0.1) is 0 Å². The van der Waals surface area contributed by atoms with E-state index in [2.05, 4.69) is 6.92 Å². The summed E-state index contributed by atoms with van der Waals surface area (Å²) in [5, 5.41) is 0. The smallest absolute Gasteiger partial charge is 0.0443 e. The average molecular weight is 164 g/mol. The third-order valence-corrected chi connectivity index (χ3v) is 1.89. The molecule has 0 amide bonds. The van der Waals surface area contributed by atoms with Crippen molar-refractivity contribution >= 4 is 0 Å². The van der Waals surface area contributed by atoms with Crippen molar-refractivity contribution in [2.75, 3.05) is 0 Å². The van der Waals surface area contributed by atoms with E-state index in [-0.39, 0.29) is 11.0 Å². The summed E-state index contributed by atoms with van der Waals surface area (Å²) in [5.41, 5.74) is 0. The Labute approximate surface area is 70.6 Å². The summed E-state index contributed by atoms with van der Waals surface area (Å²) in [7, 11) is 0. The standard InChI is InChI=1S/C7H14.C2H6.2H2O/c1-7-5-3-2-4-6-7;1-2;;/h7H,2-6H2,1H3;1-2H3;2*1H2. The van der Waals surface area contributed by atoms with Gasteiger partial charge in [-0.05, 0) is 5.92 Å². The molecule has 0 spiro atoms. The lowest BCUT2D eigenvalue weighted by Crippen LogP contribution is -1.99. The fraction of sp³-hybridized carbons (Fsp3) is 1.00. The Morgan fingerprint density at radius 2 is 1.18 bits per heavy atom. The van der Waals surface area contributed by atoms with Gasteiger partial charge < -0.3 is 11.0 Å². The second-order valence-corrected chi connectivity index (χ2v) is 2.74. The lowest BCUT2D eigenvalue weighted by molar-refractivity contribution is 0.385. The van der Waals surface area contributed by atoms with E-state index in [9.17, 15) is 0 Å². The molecule has 0 heterocycles. The minimum atomic E-state index is 0. The van der Waals surface area contributed by atoms with Gasteiger partial charge in [-0.1, -0.05) is 52.9 Å². The molecular weight excluding hydrogens is 140 g/mol. The lowest BCUT2D eigenvalue weighted by atomic mass is 9.91. The molecule has 0 radical (unpaired) electrons. The molecule has 0 bridgehead atoms. The number of hydrogen-bond acceptors (Lipinski definition) is 0. The van der Waals surface area contributed by atoms with Crippen molar-refractivity contribution in [3.05, 3.63) is 0 Å². The summed E-state index contributed by atoms with van der Waals surface area (Å²) >= 11 is 0. The fourth-order valence-electron chi connectivity index (χ4n) is 1.31. The van der Waals surface area contributed by atoms with Crippen LogP contribution in [0.15, 0.2) is 0 Å². The number of rotatable bonds is 0. The highest BCUT2D eigenvalue weighted by Crippen LogP contribution is 2.21. The van der Waals surface area contributed by atoms with E-state index >= 15 is 0 Å². The van der Waals surface area contributed by atoms with Crippen LogP contribution in [0.1, 0.15) is 52.9 Å². The first kappa shape index (κ1) is 17.1. The molecule has 1 aliphatic carbocycles. The van der Waals surface area contributed by atoms with Crippen LogP contribution >= 0.6 is 0 Å². The molecule has 4 N–H and O–H groups in total. The topological polar surface area (TPSA) is 63.0 Å². The molecule has 0 saturated heterocycles. The van der Waals surface area contributed by atoms with Crippen molar-refractivity contribution in [2.24, 2.45) is 5.92 Å². The maximum absolute atomic E-state index is 2.36. The quantitative estimate of drug-likeness (QED) is 0.525. The van der Waals surface area contributed by atoms with E-state index < -0.39 is 0 Å². The van der Waals surface area contributed by atoms with Crippen LogP contribution in [0, 0.1) is 5.92 Å². The third-order valence-electron chi connectivity index (χ3n) is 1.89. The Balaban J connectivity index is -0.000000149. The highest BCUT2D eigenvalue weighted by molar-refractivity contribution is 4.59. The normalized spacial score (nSPS) is 16.6. The highest BCUT2D eigenvalue weighted by Gasteiger charge is 2.05. The van der Waals surface area contributed by atoms with E-state index in [0.717, 1.165) is 5.92 Å². The van der Waals surface area contributed by atoms with Crippen LogP contribution in [-0.4, -0.2) is 11.0 Å². The zero-order chi connectivity index (χ0) is 7.11. The minimum Gasteiger partial charge on any atom is -0.412 e. The summed E-state index contributed by atoms with van der Waals surface area (Å²) in [6.07, 6.45) is 7.44. The van der Waals surface area contributed by atoms with E-state index in [4.69, 9.17) is 0 Å². The van der Waals surface area contributed by atoms with Gasteiger partial charge in [0, 0.05) is 0 Å². The second kappa shape index (κ2) is 12.6. The van der Waals surface area contributed by atoms with E-state index in [1.54, 1.807) is 0 Å². The predicted octanol–water partition coefficient (Wildman–Crippen LogP) is 1.96. The van der Waals surface area contributed by atoms with Gasteiger partial charge in [-0.25, -0.2) is 0 Å². The maximum Gasteiger partial charge on any atom is -0.0443 e. The average Bonchev–Trinajstić information content (AvgIpc) is 1.94. The van der Waals surface area contributed by atoms with Gasteiger partial charge in [0.25, 0.3) is 0 Å².